The molecule has 0 radical (unpaired) electrons. The maximum Gasteiger partial charge on any atom is 0.0991 e. The predicted octanol–water partition coefficient (Wildman–Crippen LogP) is 5.45. The summed E-state index contributed by atoms with van der Waals surface area (Å²) in [4.78, 5) is 0. The molecule has 0 aromatic heterocycles. The summed E-state index contributed by atoms with van der Waals surface area (Å²) in [7, 11) is 0. The van der Waals surface area contributed by atoms with Crippen LogP contribution in [0.2, 0.25) is 0 Å². The molecule has 104 valence electrons. The third kappa shape index (κ3) is 3.96. The van der Waals surface area contributed by atoms with Gasteiger partial charge in [-0.05, 0) is 41.2 Å². The summed E-state index contributed by atoms with van der Waals surface area (Å²) in [6, 6.07) is 18.6. The van der Waals surface area contributed by atoms with Crippen molar-refractivity contribution in [2.75, 3.05) is 0 Å². The zero-order chi connectivity index (χ0) is 13.7. The zero-order valence-corrected chi connectivity index (χ0v) is 11.6. The molecule has 0 saturated heterocycles. The van der Waals surface area contributed by atoms with Crippen molar-refractivity contribution in [2.45, 2.75) is 34.1 Å². The Balaban J connectivity index is 0.00000200. The van der Waals surface area contributed by atoms with Crippen molar-refractivity contribution in [1.29, 1.82) is 5.26 Å². The van der Waals surface area contributed by atoms with Crippen molar-refractivity contribution in [3.05, 3.63) is 59.7 Å². The predicted molar refractivity (Wildman–Crippen MR) is 86.5 cm³/mol. The van der Waals surface area contributed by atoms with Crippen molar-refractivity contribution < 1.29 is 0 Å². The first-order valence-electron chi connectivity index (χ1n) is 6.82. The van der Waals surface area contributed by atoms with Crippen molar-refractivity contribution in [1.82, 2.24) is 0 Å². The SMILES string of the molecule is C.CCC(C)Cc1ccc(-c2ccc(C#N)cc2)cc1. The van der Waals surface area contributed by atoms with Gasteiger partial charge in [0.25, 0.3) is 0 Å². The van der Waals surface area contributed by atoms with E-state index in [2.05, 4.69) is 44.2 Å². The highest BCUT2D eigenvalue weighted by atomic mass is 14.2. The third-order valence-corrected chi connectivity index (χ3v) is 3.58. The minimum absolute atomic E-state index is 0. The minimum atomic E-state index is 0. The Morgan fingerprint density at radius 1 is 0.950 bits per heavy atom. The summed E-state index contributed by atoms with van der Waals surface area (Å²) in [5.74, 6) is 0.737. The Morgan fingerprint density at radius 3 is 1.90 bits per heavy atom. The van der Waals surface area contributed by atoms with Gasteiger partial charge < -0.3 is 0 Å². The maximum absolute atomic E-state index is 8.79. The molecular weight excluding hydrogens is 242 g/mol. The van der Waals surface area contributed by atoms with Crippen molar-refractivity contribution in [3.63, 3.8) is 0 Å². The van der Waals surface area contributed by atoms with Crippen LogP contribution in [-0.2, 0) is 6.42 Å². The first kappa shape index (κ1) is 16.0. The second-order valence-corrected chi connectivity index (χ2v) is 5.10. The first-order valence-corrected chi connectivity index (χ1v) is 6.82. The average molecular weight is 265 g/mol. The molecule has 2 rings (SSSR count). The lowest BCUT2D eigenvalue weighted by Gasteiger charge is -2.09. The number of nitriles is 1. The molecule has 0 spiro atoms. The van der Waals surface area contributed by atoms with Gasteiger partial charge in [-0.25, -0.2) is 0 Å². The summed E-state index contributed by atoms with van der Waals surface area (Å²) in [5.41, 5.74) is 4.47. The summed E-state index contributed by atoms with van der Waals surface area (Å²) >= 11 is 0. The molecule has 0 fully saturated rings. The molecular formula is C19H23N. The summed E-state index contributed by atoms with van der Waals surface area (Å²) in [6.45, 7) is 4.52. The van der Waals surface area contributed by atoms with Crippen molar-refractivity contribution in [2.24, 2.45) is 5.92 Å². The topological polar surface area (TPSA) is 23.8 Å². The number of benzene rings is 2. The molecule has 1 unspecified atom stereocenters. The van der Waals surface area contributed by atoms with E-state index in [1.54, 1.807) is 0 Å². The van der Waals surface area contributed by atoms with Gasteiger partial charge in [0, 0.05) is 0 Å². The summed E-state index contributed by atoms with van der Waals surface area (Å²) in [6.07, 6.45) is 2.36. The van der Waals surface area contributed by atoms with Gasteiger partial charge in [0.05, 0.1) is 11.6 Å². The van der Waals surface area contributed by atoms with E-state index in [4.69, 9.17) is 5.26 Å². The van der Waals surface area contributed by atoms with E-state index < -0.39 is 0 Å². The lowest BCUT2D eigenvalue weighted by molar-refractivity contribution is 0.560. The lowest BCUT2D eigenvalue weighted by atomic mass is 9.96. The summed E-state index contributed by atoms with van der Waals surface area (Å²) in [5, 5.41) is 8.79. The van der Waals surface area contributed by atoms with Crippen LogP contribution < -0.4 is 0 Å². The van der Waals surface area contributed by atoms with Crippen LogP contribution >= 0.6 is 0 Å². The molecule has 0 amide bonds. The van der Waals surface area contributed by atoms with E-state index in [-0.39, 0.29) is 7.43 Å². The molecule has 20 heavy (non-hydrogen) atoms. The Kier molecular flexibility index (Phi) is 6.00. The smallest absolute Gasteiger partial charge is 0.0991 e. The molecule has 1 nitrogen and oxygen atoms in total. The van der Waals surface area contributed by atoms with E-state index >= 15 is 0 Å². The fourth-order valence-electron chi connectivity index (χ4n) is 2.12. The number of hydrogen-bond acceptors (Lipinski definition) is 1. The Morgan fingerprint density at radius 2 is 1.45 bits per heavy atom. The fourth-order valence-corrected chi connectivity index (χ4v) is 2.12. The lowest BCUT2D eigenvalue weighted by Crippen LogP contribution is -1.97. The van der Waals surface area contributed by atoms with Gasteiger partial charge in [0.1, 0.15) is 0 Å². The van der Waals surface area contributed by atoms with Gasteiger partial charge >= 0.3 is 0 Å². The molecule has 0 N–H and O–H groups in total. The molecule has 0 aliphatic heterocycles. The number of nitrogens with zero attached hydrogens (tertiary/aromatic N) is 1. The van der Waals surface area contributed by atoms with Gasteiger partial charge in [-0.2, -0.15) is 5.26 Å². The zero-order valence-electron chi connectivity index (χ0n) is 11.6. The monoisotopic (exact) mass is 265 g/mol. The van der Waals surface area contributed by atoms with Crippen molar-refractivity contribution >= 4 is 0 Å². The molecule has 1 heteroatoms. The highest BCUT2D eigenvalue weighted by molar-refractivity contribution is 5.64. The molecule has 2 aromatic rings. The fraction of sp³-hybridized carbons (Fsp3) is 0.316. The quantitative estimate of drug-likeness (QED) is 0.721. The van der Waals surface area contributed by atoms with E-state index in [0.717, 1.165) is 17.9 Å². The van der Waals surface area contributed by atoms with Gasteiger partial charge in [-0.1, -0.05) is 64.1 Å². The highest BCUT2D eigenvalue weighted by Gasteiger charge is 2.02. The molecule has 0 heterocycles. The Bertz CT molecular complexity index is 558. The van der Waals surface area contributed by atoms with Crippen LogP contribution in [0.15, 0.2) is 48.5 Å². The maximum atomic E-state index is 8.79. The van der Waals surface area contributed by atoms with Crippen LogP contribution in [-0.4, -0.2) is 0 Å². The van der Waals surface area contributed by atoms with Crippen LogP contribution in [0.3, 0.4) is 0 Å². The second-order valence-electron chi connectivity index (χ2n) is 5.10. The molecule has 0 bridgehead atoms. The molecule has 0 aliphatic carbocycles. The summed E-state index contributed by atoms with van der Waals surface area (Å²) < 4.78 is 0. The van der Waals surface area contributed by atoms with Crippen LogP contribution in [0.4, 0.5) is 0 Å². The van der Waals surface area contributed by atoms with E-state index in [0.29, 0.717) is 5.56 Å². The first-order chi connectivity index (χ1) is 9.22. The van der Waals surface area contributed by atoms with Gasteiger partial charge in [-0.3, -0.25) is 0 Å². The van der Waals surface area contributed by atoms with E-state index in [1.165, 1.54) is 17.5 Å². The van der Waals surface area contributed by atoms with Gasteiger partial charge in [0.15, 0.2) is 0 Å². The van der Waals surface area contributed by atoms with Crippen LogP contribution in [0.5, 0.6) is 0 Å². The van der Waals surface area contributed by atoms with Crippen LogP contribution in [0, 0.1) is 17.2 Å². The van der Waals surface area contributed by atoms with Crippen molar-refractivity contribution in [3.8, 4) is 17.2 Å². The second kappa shape index (κ2) is 7.50. The van der Waals surface area contributed by atoms with Gasteiger partial charge in [-0.15, -0.1) is 0 Å². The molecule has 0 saturated carbocycles. The van der Waals surface area contributed by atoms with E-state index in [9.17, 15) is 0 Å². The van der Waals surface area contributed by atoms with Crippen LogP contribution in [0.1, 0.15) is 38.8 Å². The van der Waals surface area contributed by atoms with E-state index in [1.807, 2.05) is 24.3 Å². The Hall–Kier alpha value is -2.07. The Labute approximate surface area is 122 Å². The highest BCUT2D eigenvalue weighted by Crippen LogP contribution is 2.21. The number of rotatable bonds is 4. The number of hydrogen-bond donors (Lipinski definition) is 0. The third-order valence-electron chi connectivity index (χ3n) is 3.58. The normalized spacial score (nSPS) is 11.2. The standard InChI is InChI=1S/C18H19N.CH4/c1-3-14(2)12-15-4-8-17(9-5-15)18-10-6-16(13-19)7-11-18;/h4-11,14H,3,12H2,1-2H3;1H4. The molecule has 0 aliphatic rings. The van der Waals surface area contributed by atoms with Crippen LogP contribution in [0.25, 0.3) is 11.1 Å². The van der Waals surface area contributed by atoms with Gasteiger partial charge in [0.2, 0.25) is 0 Å². The largest absolute Gasteiger partial charge is 0.192 e. The average Bonchev–Trinajstić information content (AvgIpc) is 2.48. The minimum Gasteiger partial charge on any atom is -0.192 e. The molecule has 2 aromatic carbocycles. The molecule has 1 atom stereocenters.